The lowest BCUT2D eigenvalue weighted by Crippen LogP contribution is -2.10. The summed E-state index contributed by atoms with van der Waals surface area (Å²) in [6.45, 7) is 1.01. The van der Waals surface area contributed by atoms with Crippen LogP contribution in [-0.2, 0) is 6.61 Å². The number of halogens is 1. The lowest BCUT2D eigenvalue weighted by molar-refractivity contribution is 0.301. The highest BCUT2D eigenvalue weighted by Gasteiger charge is 2.20. The van der Waals surface area contributed by atoms with Gasteiger partial charge in [-0.2, -0.15) is 0 Å². The van der Waals surface area contributed by atoms with Gasteiger partial charge in [0.15, 0.2) is 0 Å². The van der Waals surface area contributed by atoms with E-state index in [4.69, 9.17) is 26.8 Å². The molecule has 2 N–H and O–H groups in total. The molecule has 3 nitrogen and oxygen atoms in total. The average molecular weight is 276 g/mol. The number of benzene rings is 2. The molecule has 19 heavy (non-hydrogen) atoms. The van der Waals surface area contributed by atoms with Crippen molar-refractivity contribution in [1.29, 1.82) is 0 Å². The van der Waals surface area contributed by atoms with Gasteiger partial charge in [0.1, 0.15) is 24.7 Å². The van der Waals surface area contributed by atoms with Crippen LogP contribution in [0.2, 0.25) is 5.02 Å². The molecule has 0 amide bonds. The Labute approximate surface area is 116 Å². The Morgan fingerprint density at radius 1 is 1.26 bits per heavy atom. The van der Waals surface area contributed by atoms with Crippen LogP contribution < -0.4 is 15.2 Å². The monoisotopic (exact) mass is 275 g/mol. The fourth-order valence-corrected chi connectivity index (χ4v) is 2.31. The van der Waals surface area contributed by atoms with Crippen LogP contribution in [-0.4, -0.2) is 6.61 Å². The van der Waals surface area contributed by atoms with Crippen molar-refractivity contribution in [2.75, 3.05) is 6.61 Å². The molecular formula is C15H14ClNO2. The van der Waals surface area contributed by atoms with E-state index in [1.807, 2.05) is 42.5 Å². The number of ether oxygens (including phenoxy) is 2. The second-order valence-electron chi connectivity index (χ2n) is 4.54. The van der Waals surface area contributed by atoms with E-state index in [9.17, 15) is 0 Å². The van der Waals surface area contributed by atoms with E-state index in [2.05, 4.69) is 0 Å². The zero-order valence-corrected chi connectivity index (χ0v) is 11.1. The molecule has 2 aromatic rings. The summed E-state index contributed by atoms with van der Waals surface area (Å²) >= 11 is 5.93. The minimum absolute atomic E-state index is 0.0306. The van der Waals surface area contributed by atoms with Gasteiger partial charge < -0.3 is 15.2 Å². The molecule has 0 saturated carbocycles. The Bertz CT molecular complexity index is 600. The van der Waals surface area contributed by atoms with E-state index >= 15 is 0 Å². The molecule has 1 atom stereocenters. The molecule has 98 valence electrons. The van der Waals surface area contributed by atoms with Gasteiger partial charge in [-0.05, 0) is 29.8 Å². The highest BCUT2D eigenvalue weighted by atomic mass is 35.5. The predicted molar refractivity (Wildman–Crippen MR) is 74.6 cm³/mol. The number of fused-ring (bicyclic) bond motifs is 1. The first kappa shape index (κ1) is 12.3. The highest BCUT2D eigenvalue weighted by molar-refractivity contribution is 6.30. The van der Waals surface area contributed by atoms with Crippen molar-refractivity contribution in [3.63, 3.8) is 0 Å². The van der Waals surface area contributed by atoms with Crippen LogP contribution in [0.3, 0.4) is 0 Å². The quantitative estimate of drug-likeness (QED) is 0.935. The third-order valence-electron chi connectivity index (χ3n) is 3.10. The van der Waals surface area contributed by atoms with Gasteiger partial charge in [-0.25, -0.2) is 0 Å². The molecule has 1 aliphatic rings. The molecule has 4 heteroatoms. The van der Waals surface area contributed by atoms with Crippen LogP contribution >= 0.6 is 11.6 Å². The van der Waals surface area contributed by atoms with Gasteiger partial charge in [0.25, 0.3) is 0 Å². The van der Waals surface area contributed by atoms with Crippen molar-refractivity contribution in [3.8, 4) is 11.5 Å². The van der Waals surface area contributed by atoms with Crippen molar-refractivity contribution >= 4 is 11.6 Å². The smallest absolute Gasteiger partial charge is 0.127 e. The van der Waals surface area contributed by atoms with Crippen molar-refractivity contribution < 1.29 is 9.47 Å². The van der Waals surface area contributed by atoms with Gasteiger partial charge in [-0.1, -0.05) is 23.7 Å². The maximum Gasteiger partial charge on any atom is 0.127 e. The minimum atomic E-state index is -0.0306. The zero-order valence-electron chi connectivity index (χ0n) is 10.3. The molecular weight excluding hydrogens is 262 g/mol. The van der Waals surface area contributed by atoms with Crippen LogP contribution in [0.15, 0.2) is 42.5 Å². The Morgan fingerprint density at radius 2 is 2.16 bits per heavy atom. The van der Waals surface area contributed by atoms with Gasteiger partial charge in [0, 0.05) is 16.7 Å². The van der Waals surface area contributed by atoms with E-state index in [1.54, 1.807) is 0 Å². The summed E-state index contributed by atoms with van der Waals surface area (Å²) in [5.41, 5.74) is 7.97. The van der Waals surface area contributed by atoms with Crippen LogP contribution in [0.5, 0.6) is 11.5 Å². The van der Waals surface area contributed by atoms with E-state index in [1.165, 1.54) is 0 Å². The molecule has 1 heterocycles. The first-order valence-electron chi connectivity index (χ1n) is 6.12. The molecule has 1 aliphatic heterocycles. The number of nitrogens with two attached hydrogens (primary N) is 1. The third kappa shape index (κ3) is 2.67. The van der Waals surface area contributed by atoms with E-state index in [-0.39, 0.29) is 6.04 Å². The molecule has 0 radical (unpaired) electrons. The summed E-state index contributed by atoms with van der Waals surface area (Å²) in [4.78, 5) is 0. The highest BCUT2D eigenvalue weighted by Crippen LogP contribution is 2.34. The van der Waals surface area contributed by atoms with Gasteiger partial charge in [0.2, 0.25) is 0 Å². The summed E-state index contributed by atoms with van der Waals surface area (Å²) in [6.07, 6.45) is 0. The first-order chi connectivity index (χ1) is 9.22. The summed E-state index contributed by atoms with van der Waals surface area (Å²) < 4.78 is 11.2. The molecule has 0 spiro atoms. The largest absolute Gasteiger partial charge is 0.491 e. The summed E-state index contributed by atoms with van der Waals surface area (Å²) in [7, 11) is 0. The Kier molecular flexibility index (Phi) is 3.32. The lowest BCUT2D eigenvalue weighted by Gasteiger charge is -2.08. The van der Waals surface area contributed by atoms with E-state index in [0.29, 0.717) is 18.2 Å². The van der Waals surface area contributed by atoms with Gasteiger partial charge >= 0.3 is 0 Å². The van der Waals surface area contributed by atoms with Gasteiger partial charge in [0.05, 0.1) is 6.04 Å². The third-order valence-corrected chi connectivity index (χ3v) is 3.33. The molecule has 0 saturated heterocycles. The Hall–Kier alpha value is -1.71. The summed E-state index contributed by atoms with van der Waals surface area (Å²) in [6, 6.07) is 13.3. The van der Waals surface area contributed by atoms with Crippen LogP contribution in [0.4, 0.5) is 0 Å². The second kappa shape index (κ2) is 5.11. The number of rotatable bonds is 3. The Balaban J connectivity index is 1.71. The average Bonchev–Trinajstić information content (AvgIpc) is 2.78. The zero-order chi connectivity index (χ0) is 13.2. The maximum absolute atomic E-state index is 5.93. The molecule has 0 aromatic heterocycles. The van der Waals surface area contributed by atoms with Gasteiger partial charge in [-0.15, -0.1) is 0 Å². The van der Waals surface area contributed by atoms with E-state index in [0.717, 1.165) is 22.6 Å². The van der Waals surface area contributed by atoms with Crippen LogP contribution in [0.25, 0.3) is 0 Å². The maximum atomic E-state index is 5.93. The summed E-state index contributed by atoms with van der Waals surface area (Å²) in [5, 5.41) is 0.712. The molecule has 1 unspecified atom stereocenters. The fourth-order valence-electron chi connectivity index (χ4n) is 2.10. The van der Waals surface area contributed by atoms with Gasteiger partial charge in [-0.3, -0.25) is 0 Å². The molecule has 0 aliphatic carbocycles. The Morgan fingerprint density at radius 3 is 3.00 bits per heavy atom. The second-order valence-corrected chi connectivity index (χ2v) is 4.97. The van der Waals surface area contributed by atoms with Crippen molar-refractivity contribution in [2.45, 2.75) is 12.6 Å². The standard InChI is InChI=1S/C15H14ClNO2/c16-11-3-1-2-10(6-11)8-18-12-4-5-13-14(17)9-19-15(13)7-12/h1-7,14H,8-9,17H2. The molecule has 2 aromatic carbocycles. The van der Waals surface area contributed by atoms with Crippen molar-refractivity contribution in [1.82, 2.24) is 0 Å². The number of hydrogen-bond acceptors (Lipinski definition) is 3. The minimum Gasteiger partial charge on any atom is -0.491 e. The lowest BCUT2D eigenvalue weighted by atomic mass is 10.1. The summed E-state index contributed by atoms with van der Waals surface area (Å²) in [5.74, 6) is 1.59. The molecule has 0 bridgehead atoms. The number of hydrogen-bond donors (Lipinski definition) is 1. The SMILES string of the molecule is NC1COc2cc(OCc3cccc(Cl)c3)ccc21. The van der Waals surface area contributed by atoms with Crippen LogP contribution in [0.1, 0.15) is 17.2 Å². The molecule has 0 fully saturated rings. The van der Waals surface area contributed by atoms with Crippen LogP contribution in [0, 0.1) is 0 Å². The topological polar surface area (TPSA) is 44.5 Å². The fraction of sp³-hybridized carbons (Fsp3) is 0.200. The first-order valence-corrected chi connectivity index (χ1v) is 6.50. The predicted octanol–water partition coefficient (Wildman–Crippen LogP) is 3.31. The van der Waals surface area contributed by atoms with Crippen molar-refractivity contribution in [2.24, 2.45) is 5.73 Å². The normalized spacial score (nSPS) is 16.8. The van der Waals surface area contributed by atoms with Crippen molar-refractivity contribution in [3.05, 3.63) is 58.6 Å². The molecule has 3 rings (SSSR count). The van der Waals surface area contributed by atoms with E-state index < -0.39 is 0 Å².